The van der Waals surface area contributed by atoms with E-state index in [1.807, 2.05) is 35.0 Å². The number of nitrogens with one attached hydrogen (secondary N) is 2. The molecule has 0 saturated carbocycles. The number of imidazole rings is 1. The lowest BCUT2D eigenvalue weighted by atomic mass is 10.3. The van der Waals surface area contributed by atoms with E-state index < -0.39 is 0 Å². The normalized spacial score (nSPS) is 9.87. The Morgan fingerprint density at radius 1 is 1.47 bits per heavy atom. The van der Waals surface area contributed by atoms with E-state index in [4.69, 9.17) is 11.1 Å². The molecule has 0 radical (unpaired) electrons. The molecular formula is C10H11N5. The minimum atomic E-state index is -0.0715. The van der Waals surface area contributed by atoms with Crippen molar-refractivity contribution in [2.45, 2.75) is 0 Å². The van der Waals surface area contributed by atoms with Crippen molar-refractivity contribution in [3.8, 4) is 5.69 Å². The first-order valence-corrected chi connectivity index (χ1v) is 4.45. The van der Waals surface area contributed by atoms with E-state index in [-0.39, 0.29) is 5.96 Å². The standard InChI is InChI=1S/C10H11N5/c11-10(12)14-8-2-1-3-9(6-8)15-5-4-13-7-15/h1-7H,(H4,11,12,14). The van der Waals surface area contributed by atoms with Crippen LogP contribution in [0.15, 0.2) is 43.0 Å². The van der Waals surface area contributed by atoms with Crippen LogP contribution in [0.2, 0.25) is 0 Å². The second-order valence-corrected chi connectivity index (χ2v) is 3.06. The molecule has 15 heavy (non-hydrogen) atoms. The first-order chi connectivity index (χ1) is 7.25. The summed E-state index contributed by atoms with van der Waals surface area (Å²) in [5.41, 5.74) is 7.00. The maximum atomic E-state index is 7.12. The zero-order chi connectivity index (χ0) is 10.7. The number of nitrogens with zero attached hydrogens (tertiary/aromatic N) is 2. The van der Waals surface area contributed by atoms with Gasteiger partial charge in [0.25, 0.3) is 0 Å². The molecule has 0 aliphatic rings. The topological polar surface area (TPSA) is 79.7 Å². The summed E-state index contributed by atoms with van der Waals surface area (Å²) in [7, 11) is 0. The molecule has 0 atom stereocenters. The molecule has 1 aromatic heterocycles. The van der Waals surface area contributed by atoms with Crippen LogP contribution >= 0.6 is 0 Å². The lowest BCUT2D eigenvalue weighted by Gasteiger charge is -2.06. The van der Waals surface area contributed by atoms with Crippen molar-refractivity contribution in [2.75, 3.05) is 5.32 Å². The Bertz CT molecular complexity index is 460. The van der Waals surface area contributed by atoms with Crippen LogP contribution in [-0.4, -0.2) is 15.5 Å². The lowest BCUT2D eigenvalue weighted by Crippen LogP contribution is -2.20. The Morgan fingerprint density at radius 2 is 2.33 bits per heavy atom. The zero-order valence-electron chi connectivity index (χ0n) is 8.01. The molecule has 76 valence electrons. The third kappa shape index (κ3) is 2.14. The fraction of sp³-hybridized carbons (Fsp3) is 0. The van der Waals surface area contributed by atoms with E-state index in [1.165, 1.54) is 0 Å². The average molecular weight is 201 g/mol. The number of guanidine groups is 1. The monoisotopic (exact) mass is 201 g/mol. The van der Waals surface area contributed by atoms with Crippen LogP contribution < -0.4 is 11.1 Å². The molecule has 4 N–H and O–H groups in total. The van der Waals surface area contributed by atoms with Crippen molar-refractivity contribution in [2.24, 2.45) is 5.73 Å². The summed E-state index contributed by atoms with van der Waals surface area (Å²) in [5.74, 6) is -0.0715. The summed E-state index contributed by atoms with van der Waals surface area (Å²) in [6.07, 6.45) is 5.28. The van der Waals surface area contributed by atoms with Gasteiger partial charge >= 0.3 is 0 Å². The second kappa shape index (κ2) is 3.83. The van der Waals surface area contributed by atoms with Gasteiger partial charge in [-0.3, -0.25) is 5.41 Å². The summed E-state index contributed by atoms with van der Waals surface area (Å²) in [6.45, 7) is 0. The molecule has 0 amide bonds. The van der Waals surface area contributed by atoms with Crippen LogP contribution in [-0.2, 0) is 0 Å². The molecule has 5 nitrogen and oxygen atoms in total. The molecule has 0 saturated heterocycles. The Hall–Kier alpha value is -2.30. The van der Waals surface area contributed by atoms with Crippen molar-refractivity contribution < 1.29 is 0 Å². The van der Waals surface area contributed by atoms with Gasteiger partial charge in [-0.15, -0.1) is 0 Å². The maximum absolute atomic E-state index is 7.12. The highest BCUT2D eigenvalue weighted by Gasteiger charge is 1.97. The first-order valence-electron chi connectivity index (χ1n) is 4.45. The molecule has 0 fully saturated rings. The molecule has 0 aliphatic carbocycles. The molecule has 0 aliphatic heterocycles. The Labute approximate surface area is 87.1 Å². The minimum Gasteiger partial charge on any atom is -0.370 e. The highest BCUT2D eigenvalue weighted by Crippen LogP contribution is 2.13. The van der Waals surface area contributed by atoms with Gasteiger partial charge < -0.3 is 15.6 Å². The van der Waals surface area contributed by atoms with E-state index in [0.717, 1.165) is 11.4 Å². The third-order valence-electron chi connectivity index (χ3n) is 1.93. The van der Waals surface area contributed by atoms with Crippen LogP contribution in [0, 0.1) is 5.41 Å². The lowest BCUT2D eigenvalue weighted by molar-refractivity contribution is 1.06. The van der Waals surface area contributed by atoms with E-state index in [1.54, 1.807) is 12.5 Å². The Morgan fingerprint density at radius 3 is 3.00 bits per heavy atom. The predicted octanol–water partition coefficient (Wildman–Crippen LogP) is 1.18. The van der Waals surface area contributed by atoms with E-state index in [0.29, 0.717) is 0 Å². The van der Waals surface area contributed by atoms with Gasteiger partial charge in [-0.25, -0.2) is 4.98 Å². The summed E-state index contributed by atoms with van der Waals surface area (Å²) >= 11 is 0. The van der Waals surface area contributed by atoms with E-state index >= 15 is 0 Å². The van der Waals surface area contributed by atoms with Gasteiger partial charge in [0, 0.05) is 23.8 Å². The summed E-state index contributed by atoms with van der Waals surface area (Å²) < 4.78 is 1.88. The molecular weight excluding hydrogens is 190 g/mol. The van der Waals surface area contributed by atoms with E-state index in [2.05, 4.69) is 10.3 Å². The molecule has 0 bridgehead atoms. The predicted molar refractivity (Wildman–Crippen MR) is 59.1 cm³/mol. The highest BCUT2D eigenvalue weighted by atomic mass is 15.1. The van der Waals surface area contributed by atoms with Gasteiger partial charge in [-0.05, 0) is 18.2 Å². The average Bonchev–Trinajstić information content (AvgIpc) is 2.69. The molecule has 1 heterocycles. The molecule has 2 rings (SSSR count). The number of hydrogen-bond donors (Lipinski definition) is 3. The number of anilines is 1. The van der Waals surface area contributed by atoms with Crippen LogP contribution in [0.3, 0.4) is 0 Å². The van der Waals surface area contributed by atoms with Gasteiger partial charge in [0.1, 0.15) is 0 Å². The first kappa shape index (κ1) is 9.26. The van der Waals surface area contributed by atoms with Crippen molar-refractivity contribution in [1.82, 2.24) is 9.55 Å². The number of rotatable bonds is 2. The Kier molecular flexibility index (Phi) is 2.37. The molecule has 0 unspecified atom stereocenters. The summed E-state index contributed by atoms with van der Waals surface area (Å²) in [4.78, 5) is 3.96. The van der Waals surface area contributed by atoms with Gasteiger partial charge in [-0.2, -0.15) is 0 Å². The molecule has 2 aromatic rings. The van der Waals surface area contributed by atoms with Crippen molar-refractivity contribution in [3.63, 3.8) is 0 Å². The van der Waals surface area contributed by atoms with Crippen LogP contribution in [0.4, 0.5) is 5.69 Å². The number of hydrogen-bond acceptors (Lipinski definition) is 2. The fourth-order valence-electron chi connectivity index (χ4n) is 1.31. The van der Waals surface area contributed by atoms with Crippen LogP contribution in [0.5, 0.6) is 0 Å². The van der Waals surface area contributed by atoms with Crippen molar-refractivity contribution in [3.05, 3.63) is 43.0 Å². The summed E-state index contributed by atoms with van der Waals surface area (Å²) in [6, 6.07) is 7.58. The molecule has 0 spiro atoms. The summed E-state index contributed by atoms with van der Waals surface area (Å²) in [5, 5.41) is 9.86. The SMILES string of the molecule is N=C(N)Nc1cccc(-n2ccnc2)c1. The quantitative estimate of drug-likeness (QED) is 0.504. The molecule has 5 heteroatoms. The van der Waals surface area contributed by atoms with Crippen LogP contribution in [0.25, 0.3) is 5.69 Å². The minimum absolute atomic E-state index is 0.0715. The van der Waals surface area contributed by atoms with Gasteiger partial charge in [-0.1, -0.05) is 6.07 Å². The number of benzene rings is 1. The van der Waals surface area contributed by atoms with Gasteiger partial charge in [0.15, 0.2) is 5.96 Å². The highest BCUT2D eigenvalue weighted by molar-refractivity contribution is 5.89. The molecule has 1 aromatic carbocycles. The van der Waals surface area contributed by atoms with E-state index in [9.17, 15) is 0 Å². The fourth-order valence-corrected chi connectivity index (χ4v) is 1.31. The largest absolute Gasteiger partial charge is 0.370 e. The number of aromatic nitrogens is 2. The van der Waals surface area contributed by atoms with Crippen molar-refractivity contribution >= 4 is 11.6 Å². The third-order valence-corrected chi connectivity index (χ3v) is 1.93. The number of nitrogens with two attached hydrogens (primary N) is 1. The van der Waals surface area contributed by atoms with Crippen LogP contribution in [0.1, 0.15) is 0 Å². The second-order valence-electron chi connectivity index (χ2n) is 3.06. The van der Waals surface area contributed by atoms with Gasteiger partial charge in [0.2, 0.25) is 0 Å². The van der Waals surface area contributed by atoms with Gasteiger partial charge in [0.05, 0.1) is 6.33 Å². The smallest absolute Gasteiger partial charge is 0.190 e. The maximum Gasteiger partial charge on any atom is 0.190 e. The zero-order valence-corrected chi connectivity index (χ0v) is 8.01. The Balaban J connectivity index is 2.31. The van der Waals surface area contributed by atoms with Crippen molar-refractivity contribution in [1.29, 1.82) is 5.41 Å².